The van der Waals surface area contributed by atoms with Crippen LogP contribution in [0.2, 0.25) is 0 Å². The monoisotopic (exact) mass is 244 g/mol. The van der Waals surface area contributed by atoms with E-state index in [9.17, 15) is 4.79 Å². The predicted molar refractivity (Wildman–Crippen MR) is 67.2 cm³/mol. The van der Waals surface area contributed by atoms with Gasteiger partial charge >= 0.3 is 0 Å². The van der Waals surface area contributed by atoms with Crippen LogP contribution in [0.3, 0.4) is 0 Å². The van der Waals surface area contributed by atoms with Crippen molar-refractivity contribution in [3.8, 4) is 0 Å². The van der Waals surface area contributed by atoms with Crippen LogP contribution in [0.4, 0.5) is 0 Å². The highest BCUT2D eigenvalue weighted by molar-refractivity contribution is 7.80. The van der Waals surface area contributed by atoms with Crippen molar-refractivity contribution in [3.63, 3.8) is 0 Å². The summed E-state index contributed by atoms with van der Waals surface area (Å²) in [4.78, 5) is 14.0. The van der Waals surface area contributed by atoms with E-state index in [1.165, 1.54) is 0 Å². The summed E-state index contributed by atoms with van der Waals surface area (Å²) in [5.41, 5.74) is 5.06. The van der Waals surface area contributed by atoms with E-state index in [-0.39, 0.29) is 12.0 Å². The predicted octanol–water partition coefficient (Wildman–Crippen LogP) is 0.936. The van der Waals surface area contributed by atoms with Crippen LogP contribution in [0.5, 0.6) is 0 Å². The molecule has 0 aliphatic heterocycles. The van der Waals surface area contributed by atoms with E-state index in [4.69, 9.17) is 22.7 Å². The molecule has 16 heavy (non-hydrogen) atoms. The quantitative estimate of drug-likeness (QED) is 0.706. The summed E-state index contributed by atoms with van der Waals surface area (Å²) in [5, 5.41) is 0. The zero-order chi connectivity index (χ0) is 12.3. The summed E-state index contributed by atoms with van der Waals surface area (Å²) in [6, 6.07) is 0. The zero-order valence-electron chi connectivity index (χ0n) is 10.2. The first kappa shape index (κ1) is 13.4. The molecule has 0 unspecified atom stereocenters. The molecule has 0 spiro atoms. The molecular formula is C11H20N2O2S. The SMILES string of the molecule is CC(C)OCCN(C)C(=O)C1(C(N)=S)CC1. The minimum Gasteiger partial charge on any atom is -0.392 e. The molecule has 0 heterocycles. The third-order valence-corrected chi connectivity index (χ3v) is 3.25. The maximum absolute atomic E-state index is 12.0. The highest BCUT2D eigenvalue weighted by Gasteiger charge is 2.53. The number of ether oxygens (including phenoxy) is 1. The molecule has 0 aromatic rings. The van der Waals surface area contributed by atoms with Crippen LogP contribution in [-0.2, 0) is 9.53 Å². The lowest BCUT2D eigenvalue weighted by Gasteiger charge is -2.23. The highest BCUT2D eigenvalue weighted by Crippen LogP contribution is 2.47. The van der Waals surface area contributed by atoms with Gasteiger partial charge in [0.05, 0.1) is 23.1 Å². The number of rotatable bonds is 6. The van der Waals surface area contributed by atoms with E-state index in [0.29, 0.717) is 18.1 Å². The molecule has 0 saturated heterocycles. The van der Waals surface area contributed by atoms with Crippen molar-refractivity contribution in [3.05, 3.63) is 0 Å². The van der Waals surface area contributed by atoms with Gasteiger partial charge in [-0.05, 0) is 26.7 Å². The first-order chi connectivity index (χ1) is 7.40. The molecule has 92 valence electrons. The van der Waals surface area contributed by atoms with Gasteiger partial charge in [-0.25, -0.2) is 0 Å². The highest BCUT2D eigenvalue weighted by atomic mass is 32.1. The number of nitrogens with zero attached hydrogens (tertiary/aromatic N) is 1. The van der Waals surface area contributed by atoms with Crippen molar-refractivity contribution in [1.82, 2.24) is 4.90 Å². The first-order valence-corrected chi connectivity index (χ1v) is 5.98. The Hall–Kier alpha value is -0.680. The second-order valence-corrected chi connectivity index (χ2v) is 5.03. The lowest BCUT2D eigenvalue weighted by Crippen LogP contribution is -2.42. The van der Waals surface area contributed by atoms with Crippen molar-refractivity contribution >= 4 is 23.1 Å². The molecule has 5 heteroatoms. The molecule has 0 atom stereocenters. The van der Waals surface area contributed by atoms with E-state index in [0.717, 1.165) is 12.8 Å². The number of carbonyl (C=O) groups excluding carboxylic acids is 1. The van der Waals surface area contributed by atoms with Gasteiger partial charge in [-0.1, -0.05) is 12.2 Å². The van der Waals surface area contributed by atoms with Crippen LogP contribution in [0.25, 0.3) is 0 Å². The number of nitrogens with two attached hydrogens (primary N) is 1. The molecular weight excluding hydrogens is 224 g/mol. The standard InChI is InChI=1S/C11H20N2O2S/c1-8(2)15-7-6-13(3)10(14)11(4-5-11)9(12)16/h8H,4-7H2,1-3H3,(H2,12,16). The van der Waals surface area contributed by atoms with E-state index >= 15 is 0 Å². The lowest BCUT2D eigenvalue weighted by molar-refractivity contribution is -0.134. The number of hydrogen-bond acceptors (Lipinski definition) is 3. The fourth-order valence-electron chi connectivity index (χ4n) is 1.58. The van der Waals surface area contributed by atoms with Crippen molar-refractivity contribution in [1.29, 1.82) is 0 Å². The zero-order valence-corrected chi connectivity index (χ0v) is 11.0. The summed E-state index contributed by atoms with van der Waals surface area (Å²) in [6.07, 6.45) is 1.77. The molecule has 0 bridgehead atoms. The smallest absolute Gasteiger partial charge is 0.235 e. The third-order valence-electron chi connectivity index (χ3n) is 2.86. The van der Waals surface area contributed by atoms with E-state index in [1.54, 1.807) is 11.9 Å². The lowest BCUT2D eigenvalue weighted by atomic mass is 10.1. The minimum atomic E-state index is -0.540. The Morgan fingerprint density at radius 2 is 2.12 bits per heavy atom. The van der Waals surface area contributed by atoms with Gasteiger partial charge in [-0.3, -0.25) is 4.79 Å². The van der Waals surface area contributed by atoms with Crippen LogP contribution < -0.4 is 5.73 Å². The van der Waals surface area contributed by atoms with Gasteiger partial charge < -0.3 is 15.4 Å². The van der Waals surface area contributed by atoms with Crippen molar-refractivity contribution in [2.45, 2.75) is 32.8 Å². The number of hydrogen-bond donors (Lipinski definition) is 1. The number of carbonyl (C=O) groups is 1. The second-order valence-electron chi connectivity index (χ2n) is 4.59. The molecule has 0 radical (unpaired) electrons. The number of likely N-dealkylation sites (N-methyl/N-ethyl adjacent to an activating group) is 1. The Morgan fingerprint density at radius 1 is 1.56 bits per heavy atom. The average Bonchev–Trinajstić information content (AvgIpc) is 2.96. The molecule has 0 aromatic heterocycles. The molecule has 2 N–H and O–H groups in total. The Balaban J connectivity index is 2.40. The average molecular weight is 244 g/mol. The van der Waals surface area contributed by atoms with Crippen LogP contribution >= 0.6 is 12.2 Å². The van der Waals surface area contributed by atoms with Gasteiger partial charge in [-0.2, -0.15) is 0 Å². The summed E-state index contributed by atoms with van der Waals surface area (Å²) >= 11 is 4.94. The van der Waals surface area contributed by atoms with Crippen LogP contribution in [0.1, 0.15) is 26.7 Å². The van der Waals surface area contributed by atoms with Gasteiger partial charge in [-0.15, -0.1) is 0 Å². The largest absolute Gasteiger partial charge is 0.392 e. The molecule has 1 fully saturated rings. The van der Waals surface area contributed by atoms with E-state index < -0.39 is 5.41 Å². The van der Waals surface area contributed by atoms with Gasteiger partial charge in [0.1, 0.15) is 0 Å². The summed E-state index contributed by atoms with van der Waals surface area (Å²) in [6.45, 7) is 5.08. The molecule has 1 saturated carbocycles. The molecule has 1 aliphatic carbocycles. The molecule has 1 aliphatic rings. The topological polar surface area (TPSA) is 55.6 Å². The van der Waals surface area contributed by atoms with Crippen molar-refractivity contribution in [2.75, 3.05) is 20.2 Å². The van der Waals surface area contributed by atoms with Crippen LogP contribution in [0, 0.1) is 5.41 Å². The first-order valence-electron chi connectivity index (χ1n) is 5.57. The molecule has 0 aromatic carbocycles. The number of amides is 1. The van der Waals surface area contributed by atoms with E-state index in [2.05, 4.69) is 0 Å². The molecule has 4 nitrogen and oxygen atoms in total. The van der Waals surface area contributed by atoms with E-state index in [1.807, 2.05) is 13.8 Å². The Morgan fingerprint density at radius 3 is 2.50 bits per heavy atom. The van der Waals surface area contributed by atoms with Crippen LogP contribution in [0.15, 0.2) is 0 Å². The Kier molecular flexibility index (Phi) is 4.27. The van der Waals surface area contributed by atoms with Crippen LogP contribution in [-0.4, -0.2) is 42.1 Å². The summed E-state index contributed by atoms with van der Waals surface area (Å²) < 4.78 is 5.40. The fraction of sp³-hybridized carbons (Fsp3) is 0.818. The summed E-state index contributed by atoms with van der Waals surface area (Å²) in [5.74, 6) is 0.0346. The van der Waals surface area contributed by atoms with Gasteiger partial charge in [0.25, 0.3) is 0 Å². The van der Waals surface area contributed by atoms with Gasteiger partial charge in [0, 0.05) is 13.6 Å². The summed E-state index contributed by atoms with van der Waals surface area (Å²) in [7, 11) is 1.77. The second kappa shape index (κ2) is 5.10. The third kappa shape index (κ3) is 2.92. The molecule has 1 rings (SSSR count). The molecule has 1 amide bonds. The van der Waals surface area contributed by atoms with Gasteiger partial charge in [0.2, 0.25) is 5.91 Å². The number of thiocarbonyl (C=S) groups is 1. The van der Waals surface area contributed by atoms with Gasteiger partial charge in [0.15, 0.2) is 0 Å². The normalized spacial score (nSPS) is 17.2. The Bertz CT molecular complexity index is 288. The van der Waals surface area contributed by atoms with Crippen molar-refractivity contribution < 1.29 is 9.53 Å². The fourth-order valence-corrected chi connectivity index (χ4v) is 1.87. The Labute approximate surface area is 102 Å². The minimum absolute atomic E-state index is 0.0346. The maximum Gasteiger partial charge on any atom is 0.235 e. The maximum atomic E-state index is 12.0. The van der Waals surface area contributed by atoms with Crippen molar-refractivity contribution in [2.24, 2.45) is 11.1 Å².